The van der Waals surface area contributed by atoms with Crippen LogP contribution in [-0.2, 0) is 23.6 Å². The molecule has 1 aliphatic rings. The van der Waals surface area contributed by atoms with Crippen LogP contribution < -0.4 is 19.5 Å². The summed E-state index contributed by atoms with van der Waals surface area (Å²) in [6.07, 6.45) is 2.69. The highest BCUT2D eigenvalue weighted by Crippen LogP contribution is 2.33. The number of aromatic nitrogens is 4. The molecule has 0 radical (unpaired) electrons. The average molecular weight is 438 g/mol. The second-order valence-electron chi connectivity index (χ2n) is 6.91. The number of fused-ring (bicyclic) bond motifs is 2. The van der Waals surface area contributed by atoms with Crippen molar-refractivity contribution in [2.24, 2.45) is 7.05 Å². The summed E-state index contributed by atoms with van der Waals surface area (Å²) in [7, 11) is -2.24. The molecule has 31 heavy (non-hydrogen) atoms. The van der Waals surface area contributed by atoms with E-state index in [9.17, 15) is 8.42 Å². The predicted molar refractivity (Wildman–Crippen MR) is 113 cm³/mol. The number of rotatable bonds is 6. The maximum atomic E-state index is 12.8. The lowest BCUT2D eigenvalue weighted by molar-refractivity contribution is 0.174. The average Bonchev–Trinajstić information content (AvgIpc) is 3.40. The highest BCUT2D eigenvalue weighted by Gasteiger charge is 2.20. The van der Waals surface area contributed by atoms with E-state index < -0.39 is 10.0 Å². The molecule has 2 aromatic carbocycles. The Morgan fingerprint density at radius 1 is 1.03 bits per heavy atom. The van der Waals surface area contributed by atoms with Crippen molar-refractivity contribution in [1.29, 1.82) is 0 Å². The smallest absolute Gasteiger partial charge is 0.266 e. The zero-order valence-corrected chi connectivity index (χ0v) is 17.3. The maximum absolute atomic E-state index is 12.8. The zero-order valence-electron chi connectivity index (χ0n) is 16.4. The summed E-state index contributed by atoms with van der Waals surface area (Å²) in [4.78, 5) is 9.08. The van der Waals surface area contributed by atoms with E-state index in [2.05, 4.69) is 25.1 Å². The molecule has 5 rings (SSSR count). The van der Waals surface area contributed by atoms with Crippen LogP contribution in [0.1, 0.15) is 5.56 Å². The molecule has 0 saturated heterocycles. The van der Waals surface area contributed by atoms with E-state index in [1.54, 1.807) is 13.1 Å². The van der Waals surface area contributed by atoms with Crippen molar-refractivity contribution < 1.29 is 17.9 Å². The van der Waals surface area contributed by atoms with Crippen molar-refractivity contribution >= 4 is 32.7 Å². The van der Waals surface area contributed by atoms with Crippen LogP contribution in [0.15, 0.2) is 59.8 Å². The van der Waals surface area contributed by atoms with E-state index in [1.165, 1.54) is 17.1 Å². The molecule has 0 unspecified atom stereocenters. The molecular weight excluding hydrogens is 420 g/mol. The van der Waals surface area contributed by atoms with Gasteiger partial charge in [0.25, 0.3) is 10.0 Å². The summed E-state index contributed by atoms with van der Waals surface area (Å²) in [5.74, 6) is 1.77. The SMILES string of the molecule is Cn1cc(S(=O)(=O)Nc2nc3ccccc3nc2NCc2ccc3c(c2)OCO3)cn1. The van der Waals surface area contributed by atoms with Gasteiger partial charge in [-0.1, -0.05) is 18.2 Å². The Labute approximate surface area is 177 Å². The summed E-state index contributed by atoms with van der Waals surface area (Å²) < 4.78 is 40.3. The lowest BCUT2D eigenvalue weighted by Gasteiger charge is -2.13. The first-order valence-electron chi connectivity index (χ1n) is 9.39. The molecule has 0 aliphatic carbocycles. The van der Waals surface area contributed by atoms with Crippen molar-refractivity contribution in [3.05, 3.63) is 60.4 Å². The molecule has 1 aliphatic heterocycles. The second kappa shape index (κ2) is 7.43. The molecular formula is C20H18N6O4S. The fourth-order valence-corrected chi connectivity index (χ4v) is 4.15. The first-order valence-corrected chi connectivity index (χ1v) is 10.9. The van der Waals surface area contributed by atoms with Gasteiger partial charge < -0.3 is 14.8 Å². The molecule has 0 fully saturated rings. The van der Waals surface area contributed by atoms with Crippen molar-refractivity contribution in [2.45, 2.75) is 11.4 Å². The van der Waals surface area contributed by atoms with E-state index in [0.717, 1.165) is 5.56 Å². The van der Waals surface area contributed by atoms with Crippen LogP contribution in [0.4, 0.5) is 11.6 Å². The molecule has 158 valence electrons. The van der Waals surface area contributed by atoms with Gasteiger partial charge in [-0.15, -0.1) is 0 Å². The fraction of sp³-hybridized carbons (Fsp3) is 0.150. The normalized spacial score (nSPS) is 12.8. The minimum absolute atomic E-state index is 0.0340. The van der Waals surface area contributed by atoms with E-state index in [4.69, 9.17) is 9.47 Å². The maximum Gasteiger partial charge on any atom is 0.266 e. The Morgan fingerprint density at radius 2 is 1.77 bits per heavy atom. The summed E-state index contributed by atoms with van der Waals surface area (Å²) >= 11 is 0. The summed E-state index contributed by atoms with van der Waals surface area (Å²) in [6.45, 7) is 0.577. The molecule has 0 amide bonds. The number of sulfonamides is 1. The van der Waals surface area contributed by atoms with Crippen LogP contribution in [0.25, 0.3) is 11.0 Å². The number of para-hydroxylation sites is 2. The standard InChI is InChI=1S/C20H18N6O4S/c1-26-11-14(10-22-26)31(27,28)25-20-19(23-15-4-2-3-5-16(15)24-20)21-9-13-6-7-17-18(8-13)30-12-29-17/h2-8,10-11H,9,12H2,1H3,(H,21,23)(H,24,25). The van der Waals surface area contributed by atoms with Gasteiger partial charge in [-0.05, 0) is 29.8 Å². The third-order valence-electron chi connectivity index (χ3n) is 4.69. The largest absolute Gasteiger partial charge is 0.454 e. The fourth-order valence-electron chi connectivity index (χ4n) is 3.15. The van der Waals surface area contributed by atoms with E-state index in [0.29, 0.717) is 34.9 Å². The van der Waals surface area contributed by atoms with Gasteiger partial charge in [0.1, 0.15) is 4.90 Å². The van der Waals surface area contributed by atoms with Gasteiger partial charge in [0.2, 0.25) is 6.79 Å². The van der Waals surface area contributed by atoms with Crippen molar-refractivity contribution in [1.82, 2.24) is 19.7 Å². The monoisotopic (exact) mass is 438 g/mol. The minimum atomic E-state index is -3.89. The molecule has 10 nitrogen and oxygen atoms in total. The van der Waals surface area contributed by atoms with Gasteiger partial charge in [-0.25, -0.2) is 18.4 Å². The lowest BCUT2D eigenvalue weighted by Crippen LogP contribution is -2.16. The number of hydrogen-bond acceptors (Lipinski definition) is 8. The molecule has 3 heterocycles. The number of hydrogen-bond donors (Lipinski definition) is 2. The van der Waals surface area contributed by atoms with Crippen LogP contribution in [0.5, 0.6) is 11.5 Å². The molecule has 0 bridgehead atoms. The third-order valence-corrected chi connectivity index (χ3v) is 5.98. The lowest BCUT2D eigenvalue weighted by atomic mass is 10.2. The molecule has 2 aromatic heterocycles. The quantitative estimate of drug-likeness (QED) is 0.471. The van der Waals surface area contributed by atoms with Crippen molar-refractivity contribution in [3.63, 3.8) is 0 Å². The topological polar surface area (TPSA) is 120 Å². The van der Waals surface area contributed by atoms with Gasteiger partial charge in [0.05, 0.1) is 17.2 Å². The Hall–Kier alpha value is -3.86. The molecule has 2 N–H and O–H groups in total. The summed E-state index contributed by atoms with van der Waals surface area (Å²) in [5.41, 5.74) is 2.13. The van der Waals surface area contributed by atoms with Gasteiger partial charge in [-0.2, -0.15) is 5.10 Å². The molecule has 0 spiro atoms. The Kier molecular flexibility index (Phi) is 4.59. The highest BCUT2D eigenvalue weighted by molar-refractivity contribution is 7.92. The minimum Gasteiger partial charge on any atom is -0.454 e. The predicted octanol–water partition coefficient (Wildman–Crippen LogP) is 2.50. The number of aryl methyl sites for hydroxylation is 1. The zero-order chi connectivity index (χ0) is 21.4. The van der Waals surface area contributed by atoms with Crippen molar-refractivity contribution in [2.75, 3.05) is 16.8 Å². The molecule has 0 saturated carbocycles. The first kappa shape index (κ1) is 19.1. The van der Waals surface area contributed by atoms with Crippen LogP contribution in [0.3, 0.4) is 0 Å². The van der Waals surface area contributed by atoms with Gasteiger partial charge >= 0.3 is 0 Å². The summed E-state index contributed by atoms with van der Waals surface area (Å²) in [6, 6.07) is 12.8. The second-order valence-corrected chi connectivity index (χ2v) is 8.59. The van der Waals surface area contributed by atoms with Gasteiger partial charge in [0, 0.05) is 19.8 Å². The molecule has 11 heteroatoms. The van der Waals surface area contributed by atoms with E-state index in [1.807, 2.05) is 36.4 Å². The van der Waals surface area contributed by atoms with Crippen LogP contribution >= 0.6 is 0 Å². The van der Waals surface area contributed by atoms with Gasteiger partial charge in [0.15, 0.2) is 23.1 Å². The summed E-state index contributed by atoms with van der Waals surface area (Å²) in [5, 5.41) is 7.10. The Balaban J connectivity index is 1.47. The molecule has 0 atom stereocenters. The van der Waals surface area contributed by atoms with Crippen LogP contribution in [0.2, 0.25) is 0 Å². The van der Waals surface area contributed by atoms with Gasteiger partial charge in [-0.3, -0.25) is 9.40 Å². The van der Waals surface area contributed by atoms with Crippen LogP contribution in [0, 0.1) is 0 Å². The van der Waals surface area contributed by atoms with E-state index >= 15 is 0 Å². The number of nitrogens with zero attached hydrogens (tertiary/aromatic N) is 4. The van der Waals surface area contributed by atoms with Crippen LogP contribution in [-0.4, -0.2) is 35.0 Å². The Morgan fingerprint density at radius 3 is 2.52 bits per heavy atom. The van der Waals surface area contributed by atoms with Crippen molar-refractivity contribution in [3.8, 4) is 11.5 Å². The number of nitrogens with one attached hydrogen (secondary N) is 2. The molecule has 4 aromatic rings. The highest BCUT2D eigenvalue weighted by atomic mass is 32.2. The Bertz CT molecular complexity index is 1390. The number of ether oxygens (including phenoxy) is 2. The number of anilines is 2. The third kappa shape index (κ3) is 3.82. The first-order chi connectivity index (χ1) is 15.0. The number of benzene rings is 2. The van der Waals surface area contributed by atoms with E-state index in [-0.39, 0.29) is 17.5 Å².